The second-order valence-corrected chi connectivity index (χ2v) is 10.1. The van der Waals surface area contributed by atoms with Crippen molar-refractivity contribution in [2.75, 3.05) is 25.0 Å². The molecule has 0 aromatic heterocycles. The van der Waals surface area contributed by atoms with Crippen LogP contribution in [0.3, 0.4) is 0 Å². The summed E-state index contributed by atoms with van der Waals surface area (Å²) in [7, 11) is -3.49. The summed E-state index contributed by atoms with van der Waals surface area (Å²) in [6.07, 6.45) is 2.83. The summed E-state index contributed by atoms with van der Waals surface area (Å²) in [5.74, 6) is 0.193. The summed E-state index contributed by atoms with van der Waals surface area (Å²) >= 11 is 5.19. The van der Waals surface area contributed by atoms with Crippen LogP contribution in [0, 0.1) is 0 Å². The number of fused-ring (bicyclic) bond motifs is 1. The van der Waals surface area contributed by atoms with E-state index in [0.29, 0.717) is 24.5 Å². The normalized spacial score (nSPS) is 14.5. The second-order valence-electron chi connectivity index (χ2n) is 7.79. The lowest BCUT2D eigenvalue weighted by atomic mass is 10.1. The van der Waals surface area contributed by atoms with Gasteiger partial charge < -0.3 is 10.1 Å². The average molecular weight is 484 g/mol. The van der Waals surface area contributed by atoms with Crippen LogP contribution in [0.5, 0.6) is 5.75 Å². The van der Waals surface area contributed by atoms with Gasteiger partial charge in [-0.3, -0.25) is 10.1 Å². The van der Waals surface area contributed by atoms with E-state index >= 15 is 0 Å². The number of piperidine rings is 1. The SMILES string of the molecule is O=C(COc1ccc2ccccc2c1)NC(=S)Nc1ccc(S(=O)(=O)N2CCCCC2)cc1. The Kier molecular flexibility index (Phi) is 7.22. The number of hydrogen-bond acceptors (Lipinski definition) is 5. The highest BCUT2D eigenvalue weighted by Gasteiger charge is 2.25. The first kappa shape index (κ1) is 23.2. The van der Waals surface area contributed by atoms with Gasteiger partial charge in [0.05, 0.1) is 4.90 Å². The number of nitrogens with one attached hydrogen (secondary N) is 2. The number of anilines is 1. The Bertz CT molecular complexity index is 1250. The van der Waals surface area contributed by atoms with Crippen LogP contribution in [0.4, 0.5) is 5.69 Å². The summed E-state index contributed by atoms with van der Waals surface area (Å²) < 4.78 is 32.6. The van der Waals surface area contributed by atoms with Crippen LogP contribution in [0.15, 0.2) is 71.6 Å². The molecule has 4 rings (SSSR count). The fourth-order valence-corrected chi connectivity index (χ4v) is 5.44. The first-order chi connectivity index (χ1) is 15.9. The van der Waals surface area contributed by atoms with Gasteiger partial charge >= 0.3 is 0 Å². The van der Waals surface area contributed by atoms with Crippen LogP contribution >= 0.6 is 12.2 Å². The third-order valence-corrected chi connectivity index (χ3v) is 7.53. The van der Waals surface area contributed by atoms with E-state index in [1.807, 2.05) is 42.5 Å². The highest BCUT2D eigenvalue weighted by Crippen LogP contribution is 2.22. The van der Waals surface area contributed by atoms with E-state index in [0.717, 1.165) is 30.0 Å². The summed E-state index contributed by atoms with van der Waals surface area (Å²) in [5.41, 5.74) is 0.577. The number of ether oxygens (including phenoxy) is 1. The molecule has 0 spiro atoms. The molecule has 1 fully saturated rings. The van der Waals surface area contributed by atoms with Crippen molar-refractivity contribution in [1.29, 1.82) is 0 Å². The molecule has 9 heteroatoms. The molecule has 0 aliphatic carbocycles. The second kappa shape index (κ2) is 10.3. The predicted octanol–water partition coefficient (Wildman–Crippen LogP) is 3.91. The number of amides is 1. The van der Waals surface area contributed by atoms with Crippen LogP contribution in [-0.4, -0.2) is 43.4 Å². The molecule has 1 aliphatic heterocycles. The first-order valence-electron chi connectivity index (χ1n) is 10.7. The fourth-order valence-electron chi connectivity index (χ4n) is 3.70. The molecule has 33 heavy (non-hydrogen) atoms. The van der Waals surface area contributed by atoms with Crippen LogP contribution < -0.4 is 15.4 Å². The minimum absolute atomic E-state index is 0.105. The van der Waals surface area contributed by atoms with Crippen molar-refractivity contribution < 1.29 is 17.9 Å². The van der Waals surface area contributed by atoms with Crippen molar-refractivity contribution in [2.45, 2.75) is 24.2 Å². The van der Waals surface area contributed by atoms with E-state index in [1.54, 1.807) is 24.3 Å². The number of sulfonamides is 1. The quantitative estimate of drug-likeness (QED) is 0.517. The van der Waals surface area contributed by atoms with E-state index in [4.69, 9.17) is 17.0 Å². The van der Waals surface area contributed by atoms with Crippen LogP contribution in [0.1, 0.15) is 19.3 Å². The van der Waals surface area contributed by atoms with E-state index in [2.05, 4.69) is 10.6 Å². The van der Waals surface area contributed by atoms with Gasteiger partial charge in [0.2, 0.25) is 10.0 Å². The average Bonchev–Trinajstić information content (AvgIpc) is 2.83. The van der Waals surface area contributed by atoms with Crippen LogP contribution in [0.25, 0.3) is 10.8 Å². The van der Waals surface area contributed by atoms with Crippen LogP contribution in [-0.2, 0) is 14.8 Å². The van der Waals surface area contributed by atoms with Crippen molar-refractivity contribution in [2.24, 2.45) is 0 Å². The molecule has 1 saturated heterocycles. The fraction of sp³-hybridized carbons (Fsp3) is 0.250. The standard InChI is InChI=1S/C24H25N3O4S2/c28-23(17-31-21-11-8-18-6-2-3-7-19(18)16-21)26-24(32)25-20-9-12-22(13-10-20)33(29,30)27-14-4-1-5-15-27/h2-3,6-13,16H,1,4-5,14-15,17H2,(H2,25,26,28,32). The lowest BCUT2D eigenvalue weighted by Crippen LogP contribution is -2.37. The summed E-state index contributed by atoms with van der Waals surface area (Å²) in [6, 6.07) is 19.8. The van der Waals surface area contributed by atoms with Gasteiger partial charge in [0.1, 0.15) is 5.75 Å². The molecule has 0 bridgehead atoms. The van der Waals surface area contributed by atoms with Crippen LogP contribution in [0.2, 0.25) is 0 Å². The number of carbonyl (C=O) groups is 1. The number of rotatable bonds is 6. The number of hydrogen-bond donors (Lipinski definition) is 2. The van der Waals surface area contributed by atoms with Crippen molar-refractivity contribution in [3.05, 3.63) is 66.7 Å². The monoisotopic (exact) mass is 483 g/mol. The Morgan fingerprint density at radius 2 is 1.64 bits per heavy atom. The lowest BCUT2D eigenvalue weighted by molar-refractivity contribution is -0.121. The lowest BCUT2D eigenvalue weighted by Gasteiger charge is -2.25. The van der Waals surface area contributed by atoms with Gasteiger partial charge in [-0.25, -0.2) is 8.42 Å². The Morgan fingerprint density at radius 3 is 2.36 bits per heavy atom. The third kappa shape index (κ3) is 5.87. The molecule has 0 saturated carbocycles. The molecule has 7 nitrogen and oxygen atoms in total. The topological polar surface area (TPSA) is 87.7 Å². The molecule has 1 amide bonds. The smallest absolute Gasteiger partial charge is 0.264 e. The minimum atomic E-state index is -3.49. The molecular formula is C24H25N3O4S2. The molecule has 2 N–H and O–H groups in total. The summed E-state index contributed by atoms with van der Waals surface area (Å²) in [4.78, 5) is 12.4. The third-order valence-electron chi connectivity index (χ3n) is 5.41. The maximum absolute atomic E-state index is 12.7. The van der Waals surface area contributed by atoms with E-state index in [1.165, 1.54) is 4.31 Å². The van der Waals surface area contributed by atoms with Gasteiger partial charge in [0.15, 0.2) is 11.7 Å². The van der Waals surface area contributed by atoms with Crippen molar-refractivity contribution >= 4 is 49.7 Å². The highest BCUT2D eigenvalue weighted by atomic mass is 32.2. The Hall–Kier alpha value is -3.01. The summed E-state index contributed by atoms with van der Waals surface area (Å²) in [6.45, 7) is 0.923. The van der Waals surface area contributed by atoms with Gasteiger partial charge in [-0.15, -0.1) is 0 Å². The van der Waals surface area contributed by atoms with E-state index in [9.17, 15) is 13.2 Å². The number of carbonyl (C=O) groups excluding carboxylic acids is 1. The van der Waals surface area contributed by atoms with Gasteiger partial charge in [0, 0.05) is 18.8 Å². The maximum Gasteiger partial charge on any atom is 0.264 e. The van der Waals surface area contributed by atoms with Crippen molar-refractivity contribution in [1.82, 2.24) is 9.62 Å². The molecule has 3 aromatic rings. The molecule has 0 atom stereocenters. The molecule has 1 aliphatic rings. The number of benzene rings is 3. The largest absolute Gasteiger partial charge is 0.484 e. The molecule has 3 aromatic carbocycles. The zero-order valence-electron chi connectivity index (χ0n) is 18.0. The van der Waals surface area contributed by atoms with E-state index in [-0.39, 0.29) is 16.6 Å². The molecule has 0 unspecified atom stereocenters. The first-order valence-corrected chi connectivity index (χ1v) is 12.6. The van der Waals surface area contributed by atoms with Gasteiger partial charge in [-0.2, -0.15) is 4.31 Å². The zero-order valence-corrected chi connectivity index (χ0v) is 19.6. The van der Waals surface area contributed by atoms with Gasteiger partial charge in [0.25, 0.3) is 5.91 Å². The van der Waals surface area contributed by atoms with E-state index < -0.39 is 15.9 Å². The Labute approximate surface area is 198 Å². The predicted molar refractivity (Wildman–Crippen MR) is 133 cm³/mol. The maximum atomic E-state index is 12.7. The zero-order chi connectivity index (χ0) is 23.3. The van der Waals surface area contributed by atoms with Gasteiger partial charge in [-0.05, 0) is 72.2 Å². The number of thiocarbonyl (C=S) groups is 1. The van der Waals surface area contributed by atoms with Crippen molar-refractivity contribution in [3.8, 4) is 5.75 Å². The highest BCUT2D eigenvalue weighted by molar-refractivity contribution is 7.89. The molecular weight excluding hydrogens is 458 g/mol. The van der Waals surface area contributed by atoms with Gasteiger partial charge in [-0.1, -0.05) is 36.8 Å². The minimum Gasteiger partial charge on any atom is -0.484 e. The summed E-state index contributed by atoms with van der Waals surface area (Å²) in [5, 5.41) is 7.67. The Morgan fingerprint density at radius 1 is 0.939 bits per heavy atom. The molecule has 0 radical (unpaired) electrons. The molecule has 1 heterocycles. The number of nitrogens with zero attached hydrogens (tertiary/aromatic N) is 1. The molecule has 172 valence electrons. The van der Waals surface area contributed by atoms with Crippen molar-refractivity contribution in [3.63, 3.8) is 0 Å². The Balaban J connectivity index is 1.28.